The van der Waals surface area contributed by atoms with Crippen molar-refractivity contribution in [2.45, 2.75) is 52.4 Å². The standard InChI is InChI=1S/C26H25Cl2N3O4.C26H26ClN3O4/c1-2-33-26(32)13-9-18-8-11-24(20(28)16-18)34-14-5-15-35-25-12-10-19(27)17-23(25)31-29-21-6-3-4-7-22(21)30-31;1-2-32-26(31)15-13-19-12-14-24(20(27)18-19)33-16-7-17-34-25-11-6-5-10-23(25)30-28-21-8-3-4-9-22(21)29-30/h3-4,6-8,10-12,16-17H,2,5,9,13-15H2,1H3;3-6,8-12,14,18H,2,7,13,15-17H2,1H3. The molecule has 8 aromatic rings. The maximum atomic E-state index is 11.5. The van der Waals surface area contributed by atoms with Gasteiger partial charge in [-0.25, -0.2) is 0 Å². The highest BCUT2D eigenvalue weighted by Gasteiger charge is 2.14. The van der Waals surface area contributed by atoms with Crippen LogP contribution in [0.2, 0.25) is 15.1 Å². The number of carbonyl (C=O) groups is 2. The molecule has 2 heterocycles. The molecular formula is C52H51Cl3N6O8. The van der Waals surface area contributed by atoms with E-state index in [0.29, 0.717) is 122 Å². The van der Waals surface area contributed by atoms with Gasteiger partial charge in [0, 0.05) is 30.7 Å². The second-order valence-corrected chi connectivity index (χ2v) is 16.5. The van der Waals surface area contributed by atoms with Gasteiger partial charge in [0.25, 0.3) is 0 Å². The number of aryl methyl sites for hydroxylation is 2. The molecule has 0 saturated carbocycles. The number of aromatic nitrogens is 6. The van der Waals surface area contributed by atoms with Crippen LogP contribution in [0.3, 0.4) is 0 Å². The Morgan fingerprint density at radius 3 is 1.30 bits per heavy atom. The number of halogens is 3. The van der Waals surface area contributed by atoms with Crippen molar-refractivity contribution in [3.63, 3.8) is 0 Å². The van der Waals surface area contributed by atoms with E-state index < -0.39 is 0 Å². The molecule has 0 N–H and O–H groups in total. The third-order valence-corrected chi connectivity index (χ3v) is 11.1. The smallest absolute Gasteiger partial charge is 0.306 e. The number of nitrogens with zero attached hydrogens (tertiary/aromatic N) is 6. The Kier molecular flexibility index (Phi) is 18.5. The molecule has 0 atom stereocenters. The highest BCUT2D eigenvalue weighted by atomic mass is 35.5. The summed E-state index contributed by atoms with van der Waals surface area (Å²) in [5, 5.41) is 19.7. The van der Waals surface area contributed by atoms with Gasteiger partial charge in [-0.1, -0.05) is 83.3 Å². The fourth-order valence-electron chi connectivity index (χ4n) is 6.89. The highest BCUT2D eigenvalue weighted by Crippen LogP contribution is 2.30. The largest absolute Gasteiger partial charge is 0.492 e. The maximum absolute atomic E-state index is 11.5. The first-order valence-corrected chi connectivity index (χ1v) is 23.7. The minimum Gasteiger partial charge on any atom is -0.492 e. The van der Waals surface area contributed by atoms with Crippen LogP contribution in [0.15, 0.2) is 127 Å². The van der Waals surface area contributed by atoms with Crippen molar-refractivity contribution in [2.24, 2.45) is 0 Å². The number of carbonyl (C=O) groups excluding carboxylic acids is 2. The number of para-hydroxylation sites is 2. The van der Waals surface area contributed by atoms with Gasteiger partial charge in [0.05, 0.1) is 49.7 Å². The zero-order valence-electron chi connectivity index (χ0n) is 38.2. The van der Waals surface area contributed by atoms with Crippen LogP contribution in [0.25, 0.3) is 33.4 Å². The molecular weight excluding hydrogens is 943 g/mol. The molecule has 8 rings (SSSR count). The van der Waals surface area contributed by atoms with Crippen LogP contribution in [0.1, 0.15) is 50.7 Å². The van der Waals surface area contributed by atoms with Gasteiger partial charge < -0.3 is 28.4 Å². The van der Waals surface area contributed by atoms with Crippen LogP contribution in [0, 0.1) is 0 Å². The predicted octanol–water partition coefficient (Wildman–Crippen LogP) is 11.5. The molecule has 6 aromatic carbocycles. The lowest BCUT2D eigenvalue weighted by atomic mass is 10.1. The molecule has 0 amide bonds. The number of fused-ring (bicyclic) bond motifs is 2. The van der Waals surface area contributed by atoms with Gasteiger partial charge in [-0.3, -0.25) is 9.59 Å². The number of ether oxygens (including phenoxy) is 6. The molecule has 0 radical (unpaired) electrons. The molecule has 0 saturated heterocycles. The number of hydrogen-bond acceptors (Lipinski definition) is 12. The summed E-state index contributed by atoms with van der Waals surface area (Å²) >= 11 is 18.9. The van der Waals surface area contributed by atoms with E-state index in [0.717, 1.165) is 38.9 Å². The van der Waals surface area contributed by atoms with Crippen molar-refractivity contribution in [3.05, 3.63) is 154 Å². The fraction of sp³-hybridized carbons (Fsp3) is 0.269. The molecule has 2 aromatic heterocycles. The van der Waals surface area contributed by atoms with Crippen LogP contribution in [-0.4, -0.2) is 81.6 Å². The lowest BCUT2D eigenvalue weighted by Gasteiger charge is -2.12. The van der Waals surface area contributed by atoms with Crippen molar-refractivity contribution in [3.8, 4) is 34.4 Å². The van der Waals surface area contributed by atoms with E-state index in [2.05, 4.69) is 20.4 Å². The summed E-state index contributed by atoms with van der Waals surface area (Å²) in [5.41, 5.74) is 6.59. The number of rotatable bonds is 22. The van der Waals surface area contributed by atoms with E-state index in [1.165, 1.54) is 4.80 Å². The third-order valence-electron chi connectivity index (χ3n) is 10.2. The second kappa shape index (κ2) is 25.5. The fourth-order valence-corrected chi connectivity index (χ4v) is 7.57. The van der Waals surface area contributed by atoms with E-state index in [9.17, 15) is 9.59 Å². The maximum Gasteiger partial charge on any atom is 0.306 e. The van der Waals surface area contributed by atoms with E-state index >= 15 is 0 Å². The first-order valence-electron chi connectivity index (χ1n) is 22.6. The van der Waals surface area contributed by atoms with Gasteiger partial charge in [0.1, 0.15) is 56.4 Å². The summed E-state index contributed by atoms with van der Waals surface area (Å²) in [6.45, 7) is 6.12. The Labute approximate surface area is 414 Å². The number of hydrogen-bond donors (Lipinski definition) is 0. The minimum atomic E-state index is -0.218. The summed E-state index contributed by atoms with van der Waals surface area (Å²) in [6, 6.07) is 39.5. The Morgan fingerprint density at radius 1 is 0.464 bits per heavy atom. The van der Waals surface area contributed by atoms with E-state index in [1.54, 1.807) is 36.8 Å². The van der Waals surface area contributed by atoms with Gasteiger partial charge in [-0.15, -0.1) is 30.0 Å². The van der Waals surface area contributed by atoms with Gasteiger partial charge in [-0.2, -0.15) is 0 Å². The Balaban J connectivity index is 0.000000204. The molecule has 0 aliphatic heterocycles. The zero-order valence-corrected chi connectivity index (χ0v) is 40.5. The van der Waals surface area contributed by atoms with E-state index in [1.807, 2.05) is 109 Å². The molecule has 0 bridgehead atoms. The third kappa shape index (κ3) is 14.6. The monoisotopic (exact) mass is 992 g/mol. The molecule has 0 spiro atoms. The van der Waals surface area contributed by atoms with E-state index in [-0.39, 0.29) is 11.9 Å². The van der Waals surface area contributed by atoms with Crippen molar-refractivity contribution in [1.29, 1.82) is 0 Å². The minimum absolute atomic E-state index is 0.211. The normalized spacial score (nSPS) is 10.9. The molecule has 14 nitrogen and oxygen atoms in total. The summed E-state index contributed by atoms with van der Waals surface area (Å²) < 4.78 is 33.5. The van der Waals surface area contributed by atoms with E-state index in [4.69, 9.17) is 63.2 Å². The van der Waals surface area contributed by atoms with Crippen LogP contribution in [0.4, 0.5) is 0 Å². The van der Waals surface area contributed by atoms with Gasteiger partial charge in [0.2, 0.25) is 0 Å². The molecule has 69 heavy (non-hydrogen) atoms. The van der Waals surface area contributed by atoms with Crippen LogP contribution < -0.4 is 18.9 Å². The quantitative estimate of drug-likeness (QED) is 0.0469. The van der Waals surface area contributed by atoms with Crippen molar-refractivity contribution < 1.29 is 38.0 Å². The summed E-state index contributed by atoms with van der Waals surface area (Å²) in [4.78, 5) is 26.2. The van der Waals surface area contributed by atoms with Crippen LogP contribution in [-0.2, 0) is 31.9 Å². The molecule has 0 unspecified atom stereocenters. The lowest BCUT2D eigenvalue weighted by molar-refractivity contribution is -0.144. The van der Waals surface area contributed by atoms with Crippen LogP contribution >= 0.6 is 34.8 Å². The van der Waals surface area contributed by atoms with Crippen molar-refractivity contribution >= 4 is 68.8 Å². The lowest BCUT2D eigenvalue weighted by Crippen LogP contribution is -2.08. The zero-order chi connectivity index (χ0) is 48.4. The van der Waals surface area contributed by atoms with Gasteiger partial charge >= 0.3 is 11.9 Å². The summed E-state index contributed by atoms with van der Waals surface area (Å²) in [5.74, 6) is 2.09. The van der Waals surface area contributed by atoms with Crippen LogP contribution in [0.5, 0.6) is 23.0 Å². The van der Waals surface area contributed by atoms with Gasteiger partial charge in [0.15, 0.2) is 0 Å². The average molecular weight is 994 g/mol. The first-order chi connectivity index (χ1) is 33.7. The molecule has 0 aliphatic rings. The topological polar surface area (TPSA) is 151 Å². The Hall–Kier alpha value is -6.87. The SMILES string of the molecule is CCOC(=O)CCc1ccc(OCCCOc2ccc(Cl)cc2-n2nc3ccccc3n2)c(Cl)c1.CCOC(=O)CCc1ccc(OCCCOc2ccccc2-n2nc3ccccc3n2)c(Cl)c1. The number of esters is 2. The highest BCUT2D eigenvalue weighted by molar-refractivity contribution is 6.32. The molecule has 358 valence electrons. The first kappa shape index (κ1) is 50.0. The van der Waals surface area contributed by atoms with Crippen molar-refractivity contribution in [2.75, 3.05) is 39.6 Å². The molecule has 17 heteroatoms. The molecule has 0 aliphatic carbocycles. The Morgan fingerprint density at radius 2 is 0.855 bits per heavy atom. The van der Waals surface area contributed by atoms with Crippen molar-refractivity contribution in [1.82, 2.24) is 30.0 Å². The predicted molar refractivity (Wildman–Crippen MR) is 267 cm³/mol. The molecule has 0 fully saturated rings. The second-order valence-electron chi connectivity index (χ2n) is 15.3. The van der Waals surface area contributed by atoms with Gasteiger partial charge in [-0.05, 0) is 117 Å². The Bertz CT molecular complexity index is 2900. The number of benzene rings is 6. The summed E-state index contributed by atoms with van der Waals surface area (Å²) in [7, 11) is 0. The average Bonchev–Trinajstić information content (AvgIpc) is 4.00. The summed E-state index contributed by atoms with van der Waals surface area (Å²) in [6.07, 6.45) is 3.09.